The molecule has 7 nitrogen and oxygen atoms in total. The molecule has 0 heterocycles. The molecule has 0 fully saturated rings. The summed E-state index contributed by atoms with van der Waals surface area (Å²) in [6, 6.07) is 0. The van der Waals surface area contributed by atoms with E-state index in [-0.39, 0.29) is 6.42 Å². The highest BCUT2D eigenvalue weighted by molar-refractivity contribution is 7.82. The maximum atomic E-state index is 10.9. The largest absolute Gasteiger partial charge is 0.480 e. The van der Waals surface area contributed by atoms with Gasteiger partial charge in [0.1, 0.15) is 10.5 Å². The number of rotatable bonds is 9. The topological polar surface area (TPSA) is 135 Å². The van der Waals surface area contributed by atoms with Crippen LogP contribution in [0.3, 0.4) is 0 Å². The number of carboxylic acid groups (broad SMARTS) is 2. The number of thiol groups is 2. The number of aliphatic hydroxyl groups is 3. The summed E-state index contributed by atoms with van der Waals surface area (Å²) in [7, 11) is 0. The van der Waals surface area contributed by atoms with Crippen LogP contribution in [-0.4, -0.2) is 67.8 Å². The van der Waals surface area contributed by atoms with Gasteiger partial charge in [0.25, 0.3) is 0 Å². The molecule has 0 saturated carbocycles. The number of carbonyl (C=O) groups is 2. The Morgan fingerprint density at radius 2 is 1.21 bits per heavy atom. The van der Waals surface area contributed by atoms with Crippen LogP contribution in [0.25, 0.3) is 0 Å². The molecule has 0 aliphatic carbocycles. The van der Waals surface area contributed by atoms with Crippen LogP contribution >= 0.6 is 25.3 Å². The summed E-state index contributed by atoms with van der Waals surface area (Å²) in [4.78, 5) is 21.9. The SMILES string of the molecule is O=C(O)C(S)C(CC(CO)(CO)CO)C(S)C(=O)O. The Hall–Kier alpha value is -0.480. The Bertz CT molecular complexity index is 291. The summed E-state index contributed by atoms with van der Waals surface area (Å²) in [5.41, 5.74) is -1.38. The van der Waals surface area contributed by atoms with Gasteiger partial charge in [-0.25, -0.2) is 0 Å². The first kappa shape index (κ1) is 18.5. The lowest BCUT2D eigenvalue weighted by atomic mass is 9.78. The van der Waals surface area contributed by atoms with E-state index in [0.29, 0.717) is 0 Å². The van der Waals surface area contributed by atoms with Gasteiger partial charge in [-0.3, -0.25) is 9.59 Å². The van der Waals surface area contributed by atoms with Gasteiger partial charge in [0, 0.05) is 11.3 Å². The van der Waals surface area contributed by atoms with Gasteiger partial charge in [0.15, 0.2) is 0 Å². The van der Waals surface area contributed by atoms with Crippen LogP contribution in [0, 0.1) is 11.3 Å². The predicted octanol–water partition coefficient (Wildman–Crippen LogP) is -1.28. The Kier molecular flexibility index (Phi) is 7.75. The highest BCUT2D eigenvalue weighted by atomic mass is 32.1. The molecule has 0 rings (SSSR count). The van der Waals surface area contributed by atoms with Gasteiger partial charge in [0.05, 0.1) is 19.8 Å². The van der Waals surface area contributed by atoms with Crippen molar-refractivity contribution in [2.45, 2.75) is 16.9 Å². The molecule has 5 N–H and O–H groups in total. The highest BCUT2D eigenvalue weighted by Gasteiger charge is 2.41. The lowest BCUT2D eigenvalue weighted by Gasteiger charge is -2.34. The predicted molar refractivity (Wildman–Crippen MR) is 72.6 cm³/mol. The van der Waals surface area contributed by atoms with Gasteiger partial charge in [-0.15, -0.1) is 0 Å². The summed E-state index contributed by atoms with van der Waals surface area (Å²) in [5, 5.41) is 42.7. The van der Waals surface area contributed by atoms with Crippen molar-refractivity contribution in [3.8, 4) is 0 Å². The second kappa shape index (κ2) is 7.95. The first-order valence-electron chi connectivity index (χ1n) is 5.39. The summed E-state index contributed by atoms with van der Waals surface area (Å²) in [6.07, 6.45) is -0.239. The molecular formula is C10H18O7S2. The molecule has 0 aliphatic heterocycles. The fraction of sp³-hybridized carbons (Fsp3) is 0.800. The van der Waals surface area contributed by atoms with E-state index in [1.165, 1.54) is 0 Å². The average Bonchev–Trinajstić information content (AvgIpc) is 2.39. The van der Waals surface area contributed by atoms with Crippen molar-refractivity contribution in [3.63, 3.8) is 0 Å². The molecule has 2 unspecified atom stereocenters. The Morgan fingerprint density at radius 3 is 1.42 bits per heavy atom. The number of hydrogen-bond donors (Lipinski definition) is 7. The van der Waals surface area contributed by atoms with Crippen molar-refractivity contribution in [3.05, 3.63) is 0 Å². The van der Waals surface area contributed by atoms with E-state index in [1.807, 2.05) is 0 Å². The summed E-state index contributed by atoms with van der Waals surface area (Å²) in [6.45, 7) is -1.84. The van der Waals surface area contributed by atoms with Crippen LogP contribution in [0.4, 0.5) is 0 Å². The summed E-state index contributed by atoms with van der Waals surface area (Å²) < 4.78 is 0. The van der Waals surface area contributed by atoms with Gasteiger partial charge in [-0.2, -0.15) is 25.3 Å². The number of carboxylic acids is 2. The number of hydrogen-bond acceptors (Lipinski definition) is 7. The van der Waals surface area contributed by atoms with E-state index in [4.69, 9.17) is 10.2 Å². The average molecular weight is 314 g/mol. The quantitative estimate of drug-likeness (QED) is 0.263. The van der Waals surface area contributed by atoms with Gasteiger partial charge in [0.2, 0.25) is 0 Å². The van der Waals surface area contributed by atoms with Crippen LogP contribution in [0.2, 0.25) is 0 Å². The normalized spacial score (nSPS) is 16.7. The van der Waals surface area contributed by atoms with E-state index in [9.17, 15) is 24.9 Å². The molecular weight excluding hydrogens is 296 g/mol. The first-order chi connectivity index (χ1) is 8.74. The van der Waals surface area contributed by atoms with Crippen molar-refractivity contribution < 1.29 is 35.1 Å². The molecule has 0 amide bonds. The molecule has 112 valence electrons. The molecule has 0 saturated heterocycles. The van der Waals surface area contributed by atoms with Crippen molar-refractivity contribution in [2.75, 3.05) is 19.8 Å². The fourth-order valence-electron chi connectivity index (χ4n) is 1.61. The van der Waals surface area contributed by atoms with Crippen molar-refractivity contribution in [1.29, 1.82) is 0 Å². The van der Waals surface area contributed by atoms with E-state index in [1.54, 1.807) is 0 Å². The lowest BCUT2D eigenvalue weighted by molar-refractivity contribution is -0.140. The molecule has 0 aromatic carbocycles. The van der Waals surface area contributed by atoms with Crippen LogP contribution in [-0.2, 0) is 9.59 Å². The van der Waals surface area contributed by atoms with Crippen LogP contribution in [0.15, 0.2) is 0 Å². The van der Waals surface area contributed by atoms with E-state index >= 15 is 0 Å². The molecule has 0 aliphatic rings. The monoisotopic (exact) mass is 314 g/mol. The summed E-state index contributed by atoms with van der Waals surface area (Å²) >= 11 is 7.65. The third-order valence-corrected chi connectivity index (χ3v) is 4.20. The van der Waals surface area contributed by atoms with Crippen LogP contribution in [0.1, 0.15) is 6.42 Å². The maximum absolute atomic E-state index is 10.9. The van der Waals surface area contributed by atoms with Crippen LogP contribution < -0.4 is 0 Å². The van der Waals surface area contributed by atoms with Crippen molar-refractivity contribution >= 4 is 37.2 Å². The standard InChI is InChI=1S/C10H18O7S2/c11-2-10(3-12,4-13)1-5(6(18)8(14)15)7(19)9(16)17/h5-7,11-13,18-19H,1-4H2,(H,14,15)(H,16,17). The Morgan fingerprint density at radius 1 is 0.895 bits per heavy atom. The molecule has 19 heavy (non-hydrogen) atoms. The zero-order valence-corrected chi connectivity index (χ0v) is 11.8. The zero-order chi connectivity index (χ0) is 15.2. The lowest BCUT2D eigenvalue weighted by Crippen LogP contribution is -2.44. The van der Waals surface area contributed by atoms with Crippen LogP contribution in [0.5, 0.6) is 0 Å². The van der Waals surface area contributed by atoms with Gasteiger partial charge in [-0.1, -0.05) is 0 Å². The fourth-order valence-corrected chi connectivity index (χ4v) is 2.30. The third kappa shape index (κ3) is 4.84. The zero-order valence-electron chi connectivity index (χ0n) is 10.0. The molecule has 0 aromatic heterocycles. The van der Waals surface area contributed by atoms with Crippen molar-refractivity contribution in [2.24, 2.45) is 11.3 Å². The van der Waals surface area contributed by atoms with Gasteiger partial charge in [-0.05, 0) is 6.42 Å². The minimum Gasteiger partial charge on any atom is -0.480 e. The Labute approximate surface area is 121 Å². The molecule has 0 bridgehead atoms. The number of aliphatic carboxylic acids is 2. The molecule has 9 heteroatoms. The van der Waals surface area contributed by atoms with Gasteiger partial charge >= 0.3 is 11.9 Å². The first-order valence-corrected chi connectivity index (χ1v) is 6.42. The number of aliphatic hydroxyl groups excluding tert-OH is 3. The van der Waals surface area contributed by atoms with E-state index in [2.05, 4.69) is 25.3 Å². The van der Waals surface area contributed by atoms with Gasteiger partial charge < -0.3 is 25.5 Å². The third-order valence-electron chi connectivity index (χ3n) is 2.99. The second-order valence-electron chi connectivity index (χ2n) is 4.41. The van der Waals surface area contributed by atoms with E-state index in [0.717, 1.165) is 0 Å². The molecule has 0 radical (unpaired) electrons. The van der Waals surface area contributed by atoms with Crippen molar-refractivity contribution in [1.82, 2.24) is 0 Å². The second-order valence-corrected chi connectivity index (χ2v) is 5.52. The maximum Gasteiger partial charge on any atom is 0.316 e. The summed E-state index contributed by atoms with van der Waals surface area (Å²) in [5.74, 6) is -3.75. The minimum atomic E-state index is -1.38. The Balaban J connectivity index is 5.25. The molecule has 0 aromatic rings. The molecule has 0 spiro atoms. The molecule has 2 atom stereocenters. The minimum absolute atomic E-state index is 0.239. The highest BCUT2D eigenvalue weighted by Crippen LogP contribution is 2.33. The smallest absolute Gasteiger partial charge is 0.316 e. The van der Waals surface area contributed by atoms with E-state index < -0.39 is 53.6 Å².